The highest BCUT2D eigenvalue weighted by Gasteiger charge is 2.03. The summed E-state index contributed by atoms with van der Waals surface area (Å²) in [5.74, 6) is 0.409. The summed E-state index contributed by atoms with van der Waals surface area (Å²) >= 11 is 0. The molecule has 86 valence electrons. The summed E-state index contributed by atoms with van der Waals surface area (Å²) in [6.07, 6.45) is 1.93. The molecule has 0 aliphatic carbocycles. The quantitative estimate of drug-likeness (QED) is 0.578. The first-order valence-electron chi connectivity index (χ1n) is 5.05. The standard InChI is InChI=1S/C13H16O3/c1-10-4-6-11(7-5-10)12(15-2)8-9-13(14)16-3/h4-8H,9H2,1-3H3. The van der Waals surface area contributed by atoms with Gasteiger partial charge in [0, 0.05) is 5.56 Å². The third-order valence-electron chi connectivity index (χ3n) is 2.24. The molecule has 0 spiro atoms. The number of esters is 1. The van der Waals surface area contributed by atoms with Crippen LogP contribution in [0.3, 0.4) is 0 Å². The van der Waals surface area contributed by atoms with Crippen molar-refractivity contribution in [1.29, 1.82) is 0 Å². The molecule has 16 heavy (non-hydrogen) atoms. The average molecular weight is 220 g/mol. The van der Waals surface area contributed by atoms with Crippen molar-refractivity contribution >= 4 is 11.7 Å². The molecule has 1 aromatic carbocycles. The number of ether oxygens (including phenoxy) is 2. The summed E-state index contributed by atoms with van der Waals surface area (Å²) in [5.41, 5.74) is 2.14. The Morgan fingerprint density at radius 3 is 2.31 bits per heavy atom. The van der Waals surface area contributed by atoms with Gasteiger partial charge in [0.25, 0.3) is 0 Å². The number of benzene rings is 1. The van der Waals surface area contributed by atoms with E-state index in [0.29, 0.717) is 5.76 Å². The summed E-state index contributed by atoms with van der Waals surface area (Å²) in [6, 6.07) is 7.92. The van der Waals surface area contributed by atoms with E-state index in [2.05, 4.69) is 4.74 Å². The molecule has 3 heteroatoms. The maximum Gasteiger partial charge on any atom is 0.309 e. The molecule has 0 atom stereocenters. The third-order valence-corrected chi connectivity index (χ3v) is 2.24. The van der Waals surface area contributed by atoms with Crippen molar-refractivity contribution in [3.05, 3.63) is 41.5 Å². The minimum Gasteiger partial charge on any atom is -0.496 e. The van der Waals surface area contributed by atoms with Crippen LogP contribution in [-0.4, -0.2) is 20.2 Å². The Hall–Kier alpha value is -1.77. The fourth-order valence-electron chi connectivity index (χ4n) is 1.30. The van der Waals surface area contributed by atoms with E-state index in [1.807, 2.05) is 31.2 Å². The summed E-state index contributed by atoms with van der Waals surface area (Å²) in [6.45, 7) is 2.02. The molecule has 0 saturated heterocycles. The van der Waals surface area contributed by atoms with E-state index >= 15 is 0 Å². The highest BCUT2D eigenvalue weighted by atomic mass is 16.5. The van der Waals surface area contributed by atoms with E-state index in [4.69, 9.17) is 4.74 Å². The molecule has 0 bridgehead atoms. The third kappa shape index (κ3) is 3.42. The fourth-order valence-corrected chi connectivity index (χ4v) is 1.30. The van der Waals surface area contributed by atoms with Crippen LogP contribution in [0.5, 0.6) is 0 Å². The summed E-state index contributed by atoms with van der Waals surface area (Å²) in [5, 5.41) is 0. The first-order chi connectivity index (χ1) is 7.67. The lowest BCUT2D eigenvalue weighted by atomic mass is 10.1. The van der Waals surface area contributed by atoms with Gasteiger partial charge in [0.2, 0.25) is 0 Å². The van der Waals surface area contributed by atoms with E-state index in [1.165, 1.54) is 12.7 Å². The van der Waals surface area contributed by atoms with Crippen LogP contribution < -0.4 is 0 Å². The van der Waals surface area contributed by atoms with Crippen LogP contribution in [0, 0.1) is 6.92 Å². The Labute approximate surface area is 95.7 Å². The van der Waals surface area contributed by atoms with Gasteiger partial charge in [-0.1, -0.05) is 29.8 Å². The van der Waals surface area contributed by atoms with Crippen molar-refractivity contribution in [3.63, 3.8) is 0 Å². The van der Waals surface area contributed by atoms with Crippen molar-refractivity contribution in [2.45, 2.75) is 13.3 Å². The largest absolute Gasteiger partial charge is 0.496 e. The van der Waals surface area contributed by atoms with E-state index in [1.54, 1.807) is 13.2 Å². The molecule has 1 rings (SSSR count). The van der Waals surface area contributed by atoms with Gasteiger partial charge in [-0.05, 0) is 13.0 Å². The molecule has 0 N–H and O–H groups in total. The Morgan fingerprint density at radius 2 is 1.81 bits per heavy atom. The van der Waals surface area contributed by atoms with Crippen LogP contribution in [0.2, 0.25) is 0 Å². The molecule has 0 fully saturated rings. The van der Waals surface area contributed by atoms with Crippen LogP contribution in [0.25, 0.3) is 5.76 Å². The Balaban J connectivity index is 2.81. The Kier molecular flexibility index (Phi) is 4.58. The van der Waals surface area contributed by atoms with Crippen LogP contribution in [0.4, 0.5) is 0 Å². The van der Waals surface area contributed by atoms with Crippen LogP contribution in [-0.2, 0) is 14.3 Å². The SMILES string of the molecule is COC(=O)CC=C(OC)c1ccc(C)cc1. The van der Waals surface area contributed by atoms with Gasteiger partial charge in [-0.25, -0.2) is 0 Å². The number of methoxy groups -OCH3 is 2. The van der Waals surface area contributed by atoms with E-state index in [-0.39, 0.29) is 12.4 Å². The Morgan fingerprint density at radius 1 is 1.19 bits per heavy atom. The van der Waals surface area contributed by atoms with E-state index in [0.717, 1.165) is 5.56 Å². The van der Waals surface area contributed by atoms with Crippen LogP contribution in [0.15, 0.2) is 30.3 Å². The van der Waals surface area contributed by atoms with Gasteiger partial charge in [-0.15, -0.1) is 0 Å². The minimum atomic E-state index is -0.276. The van der Waals surface area contributed by atoms with Gasteiger partial charge in [-0.2, -0.15) is 0 Å². The van der Waals surface area contributed by atoms with Gasteiger partial charge < -0.3 is 9.47 Å². The number of carbonyl (C=O) groups excluding carboxylic acids is 1. The first-order valence-corrected chi connectivity index (χ1v) is 5.05. The molecular weight excluding hydrogens is 204 g/mol. The lowest BCUT2D eigenvalue weighted by Crippen LogP contribution is -1.98. The Bertz CT molecular complexity index is 377. The zero-order valence-corrected chi connectivity index (χ0v) is 9.82. The summed E-state index contributed by atoms with van der Waals surface area (Å²) in [4.78, 5) is 11.0. The molecule has 0 heterocycles. The van der Waals surface area contributed by atoms with Gasteiger partial charge in [-0.3, -0.25) is 4.79 Å². The fraction of sp³-hybridized carbons (Fsp3) is 0.308. The second-order valence-corrected chi connectivity index (χ2v) is 3.42. The van der Waals surface area contributed by atoms with Crippen LogP contribution in [0.1, 0.15) is 17.5 Å². The van der Waals surface area contributed by atoms with Gasteiger partial charge in [0.1, 0.15) is 5.76 Å². The molecule has 0 aliphatic rings. The van der Waals surface area contributed by atoms with E-state index < -0.39 is 0 Å². The number of hydrogen-bond acceptors (Lipinski definition) is 3. The van der Waals surface area contributed by atoms with Crippen molar-refractivity contribution in [3.8, 4) is 0 Å². The molecule has 0 aliphatic heterocycles. The highest BCUT2D eigenvalue weighted by molar-refractivity contribution is 5.74. The zero-order chi connectivity index (χ0) is 12.0. The lowest BCUT2D eigenvalue weighted by molar-refractivity contribution is -0.139. The van der Waals surface area contributed by atoms with Gasteiger partial charge >= 0.3 is 5.97 Å². The topological polar surface area (TPSA) is 35.5 Å². The molecule has 1 aromatic rings. The molecule has 0 amide bonds. The lowest BCUT2D eigenvalue weighted by Gasteiger charge is -2.06. The molecule has 0 unspecified atom stereocenters. The second-order valence-electron chi connectivity index (χ2n) is 3.42. The predicted octanol–water partition coefficient (Wildman–Crippen LogP) is 2.55. The molecular formula is C13H16O3. The summed E-state index contributed by atoms with van der Waals surface area (Å²) < 4.78 is 9.79. The van der Waals surface area contributed by atoms with Gasteiger partial charge in [0.05, 0.1) is 20.6 Å². The van der Waals surface area contributed by atoms with Crippen LogP contribution >= 0.6 is 0 Å². The molecule has 0 aromatic heterocycles. The maximum absolute atomic E-state index is 11.0. The number of aryl methyl sites for hydroxylation is 1. The summed E-state index contributed by atoms with van der Waals surface area (Å²) in [7, 11) is 2.96. The smallest absolute Gasteiger partial charge is 0.309 e. The predicted molar refractivity (Wildman–Crippen MR) is 62.8 cm³/mol. The first kappa shape index (κ1) is 12.3. The number of carbonyl (C=O) groups is 1. The molecule has 0 saturated carbocycles. The normalized spacial score (nSPS) is 11.1. The number of rotatable bonds is 4. The van der Waals surface area contributed by atoms with Gasteiger partial charge in [0.15, 0.2) is 0 Å². The van der Waals surface area contributed by atoms with Crippen molar-refractivity contribution in [2.24, 2.45) is 0 Å². The zero-order valence-electron chi connectivity index (χ0n) is 9.82. The van der Waals surface area contributed by atoms with Crippen molar-refractivity contribution in [1.82, 2.24) is 0 Å². The van der Waals surface area contributed by atoms with Crippen molar-refractivity contribution in [2.75, 3.05) is 14.2 Å². The molecule has 3 nitrogen and oxygen atoms in total. The number of hydrogen-bond donors (Lipinski definition) is 0. The highest BCUT2D eigenvalue weighted by Crippen LogP contribution is 2.16. The average Bonchev–Trinajstić information content (AvgIpc) is 2.31. The second kappa shape index (κ2) is 5.95. The van der Waals surface area contributed by atoms with E-state index in [9.17, 15) is 4.79 Å². The minimum absolute atomic E-state index is 0.216. The van der Waals surface area contributed by atoms with Crippen molar-refractivity contribution < 1.29 is 14.3 Å². The molecule has 0 radical (unpaired) electrons. The maximum atomic E-state index is 11.0. The monoisotopic (exact) mass is 220 g/mol.